The number of amides is 1. The largest absolute Gasteiger partial charge is 0.417 e. The molecular formula is C26H35F3N4O2S. The summed E-state index contributed by atoms with van der Waals surface area (Å²) in [6, 6.07) is 4.98. The van der Waals surface area contributed by atoms with Gasteiger partial charge in [-0.1, -0.05) is 12.8 Å². The number of unbranched alkanes of at least 4 members (excludes halogenated alkanes) is 3. The highest BCUT2D eigenvalue weighted by Crippen LogP contribution is 2.38. The minimum atomic E-state index is -4.72. The predicted octanol–water partition coefficient (Wildman–Crippen LogP) is 5.08. The van der Waals surface area contributed by atoms with Gasteiger partial charge in [-0.3, -0.25) is 14.6 Å². The van der Waals surface area contributed by atoms with Crippen molar-refractivity contribution >= 4 is 28.9 Å². The van der Waals surface area contributed by atoms with E-state index in [1.54, 1.807) is 24.8 Å². The van der Waals surface area contributed by atoms with Gasteiger partial charge in [0.2, 0.25) is 0 Å². The lowest BCUT2D eigenvalue weighted by molar-refractivity contribution is -0.137. The fourth-order valence-electron chi connectivity index (χ4n) is 5.27. The van der Waals surface area contributed by atoms with Crippen LogP contribution >= 0.6 is 12.2 Å². The number of thiocarbonyl (C=S) groups is 1. The summed E-state index contributed by atoms with van der Waals surface area (Å²) in [4.78, 5) is 18.5. The van der Waals surface area contributed by atoms with Gasteiger partial charge in [0.1, 0.15) is 5.54 Å². The van der Waals surface area contributed by atoms with E-state index >= 15 is 0 Å². The Bertz CT molecular complexity index is 1030. The number of halogens is 3. The van der Waals surface area contributed by atoms with Crippen molar-refractivity contribution in [2.45, 2.75) is 89.6 Å². The summed E-state index contributed by atoms with van der Waals surface area (Å²) in [7, 11) is 0. The molecule has 0 aromatic heterocycles. The van der Waals surface area contributed by atoms with Crippen molar-refractivity contribution in [1.82, 2.24) is 9.80 Å². The van der Waals surface area contributed by atoms with Gasteiger partial charge in [-0.2, -0.15) is 18.4 Å². The van der Waals surface area contributed by atoms with Crippen LogP contribution in [-0.4, -0.2) is 62.7 Å². The first-order chi connectivity index (χ1) is 16.7. The molecule has 1 unspecified atom stereocenters. The molecule has 0 saturated carbocycles. The first kappa shape index (κ1) is 28.4. The zero-order chi connectivity index (χ0) is 26.9. The Hall–Kier alpha value is -2.22. The molecule has 1 amide bonds. The fourth-order valence-corrected chi connectivity index (χ4v) is 5.78. The molecule has 2 heterocycles. The molecule has 3 rings (SSSR count). The molecule has 36 heavy (non-hydrogen) atoms. The third-order valence-electron chi connectivity index (χ3n) is 7.27. The van der Waals surface area contributed by atoms with E-state index in [1.807, 2.05) is 13.8 Å². The first-order valence-electron chi connectivity index (χ1n) is 12.4. The number of carbonyl (C=O) groups is 1. The van der Waals surface area contributed by atoms with Crippen molar-refractivity contribution in [2.75, 3.05) is 24.5 Å². The van der Waals surface area contributed by atoms with Crippen LogP contribution in [0.25, 0.3) is 0 Å². The minimum absolute atomic E-state index is 0.0128. The second kappa shape index (κ2) is 10.6. The van der Waals surface area contributed by atoms with E-state index < -0.39 is 34.4 Å². The quantitative estimate of drug-likeness (QED) is 0.359. The van der Waals surface area contributed by atoms with Crippen molar-refractivity contribution in [3.8, 4) is 6.07 Å². The number of alkyl halides is 3. The predicted molar refractivity (Wildman–Crippen MR) is 136 cm³/mol. The Morgan fingerprint density at radius 2 is 1.81 bits per heavy atom. The van der Waals surface area contributed by atoms with Crippen LogP contribution in [0.15, 0.2) is 18.2 Å². The summed E-state index contributed by atoms with van der Waals surface area (Å²) < 4.78 is 40.4. The van der Waals surface area contributed by atoms with Gasteiger partial charge in [0.15, 0.2) is 5.11 Å². The number of hydrogen-bond donors (Lipinski definition) is 1. The van der Waals surface area contributed by atoms with Crippen LogP contribution in [0.2, 0.25) is 0 Å². The van der Waals surface area contributed by atoms with Crippen molar-refractivity contribution in [1.29, 1.82) is 5.26 Å². The number of nitrogens with zero attached hydrogens (tertiary/aromatic N) is 4. The number of aliphatic hydroxyl groups is 1. The maximum Gasteiger partial charge on any atom is 0.417 e. The molecular weight excluding hydrogens is 489 g/mol. The lowest BCUT2D eigenvalue weighted by Gasteiger charge is -2.33. The third-order valence-corrected chi connectivity index (χ3v) is 7.67. The molecule has 0 aliphatic carbocycles. The average molecular weight is 525 g/mol. The SMILES string of the molecule is CC(C)(O)C1CCCN1CCCCCCN1C(=S)N(c2ccc(C#N)c(C(F)(F)F)c2)C(=O)C1(C)C. The zero-order valence-corrected chi connectivity index (χ0v) is 22.2. The van der Waals surface area contributed by atoms with Crippen LogP contribution < -0.4 is 4.90 Å². The number of nitriles is 1. The molecule has 198 valence electrons. The van der Waals surface area contributed by atoms with Gasteiger partial charge >= 0.3 is 6.18 Å². The van der Waals surface area contributed by atoms with E-state index in [0.29, 0.717) is 6.54 Å². The molecule has 2 aliphatic rings. The Labute approximate surface area is 216 Å². The summed E-state index contributed by atoms with van der Waals surface area (Å²) in [5, 5.41) is 19.6. The van der Waals surface area contributed by atoms with Crippen LogP contribution in [-0.2, 0) is 11.0 Å². The second-order valence-electron chi connectivity index (χ2n) is 10.7. The van der Waals surface area contributed by atoms with E-state index in [4.69, 9.17) is 17.5 Å². The molecule has 6 nitrogen and oxygen atoms in total. The van der Waals surface area contributed by atoms with Gasteiger partial charge < -0.3 is 10.0 Å². The highest BCUT2D eigenvalue weighted by Gasteiger charge is 2.49. The summed E-state index contributed by atoms with van der Waals surface area (Å²) in [6.45, 7) is 9.64. The van der Waals surface area contributed by atoms with E-state index in [2.05, 4.69) is 4.90 Å². The van der Waals surface area contributed by atoms with Crippen LogP contribution in [0, 0.1) is 11.3 Å². The number of carbonyl (C=O) groups excluding carboxylic acids is 1. The van der Waals surface area contributed by atoms with Gasteiger partial charge in [0.05, 0.1) is 28.5 Å². The topological polar surface area (TPSA) is 70.8 Å². The number of anilines is 1. The standard InChI is InChI=1S/C26H35F3N4O2S/c1-24(2)22(34)33(19-12-11-18(17-30)20(16-19)26(27,28)29)23(36)32(24)15-8-6-5-7-13-31-14-9-10-21(31)25(3,4)35/h11-12,16,21,35H,5-10,13-15H2,1-4H3. The summed E-state index contributed by atoms with van der Waals surface area (Å²) in [5.74, 6) is -0.392. The molecule has 2 aliphatic heterocycles. The fraction of sp³-hybridized carbons (Fsp3) is 0.654. The highest BCUT2D eigenvalue weighted by atomic mass is 32.1. The zero-order valence-electron chi connectivity index (χ0n) is 21.4. The van der Waals surface area contributed by atoms with Crippen molar-refractivity contribution in [2.24, 2.45) is 0 Å². The Balaban J connectivity index is 1.59. The summed E-state index contributed by atoms with van der Waals surface area (Å²) in [6.07, 6.45) is 1.13. The highest BCUT2D eigenvalue weighted by molar-refractivity contribution is 7.80. The van der Waals surface area contributed by atoms with E-state index in [1.165, 1.54) is 6.07 Å². The van der Waals surface area contributed by atoms with E-state index in [0.717, 1.165) is 68.6 Å². The molecule has 0 bridgehead atoms. The van der Waals surface area contributed by atoms with Gasteiger partial charge in [-0.15, -0.1) is 0 Å². The van der Waals surface area contributed by atoms with Gasteiger partial charge in [0.25, 0.3) is 5.91 Å². The molecule has 1 aromatic carbocycles. The molecule has 2 fully saturated rings. The van der Waals surface area contributed by atoms with Crippen molar-refractivity contribution in [3.63, 3.8) is 0 Å². The Kier molecular flexibility index (Phi) is 8.38. The maximum atomic E-state index is 13.5. The van der Waals surface area contributed by atoms with Gasteiger partial charge in [0, 0.05) is 12.6 Å². The summed E-state index contributed by atoms with van der Waals surface area (Å²) in [5.41, 5.74) is -3.26. The summed E-state index contributed by atoms with van der Waals surface area (Å²) >= 11 is 5.54. The minimum Gasteiger partial charge on any atom is -0.389 e. The molecule has 2 saturated heterocycles. The molecule has 1 N–H and O–H groups in total. The molecule has 0 radical (unpaired) electrons. The molecule has 0 spiro atoms. The normalized spacial score (nSPS) is 20.9. The number of rotatable bonds is 9. The Morgan fingerprint density at radius 3 is 2.39 bits per heavy atom. The molecule has 1 atom stereocenters. The van der Waals surface area contributed by atoms with E-state index in [9.17, 15) is 23.1 Å². The number of benzene rings is 1. The second-order valence-corrected chi connectivity index (χ2v) is 11.1. The van der Waals surface area contributed by atoms with Crippen molar-refractivity contribution in [3.05, 3.63) is 29.3 Å². The van der Waals surface area contributed by atoms with E-state index in [-0.39, 0.29) is 16.8 Å². The van der Waals surface area contributed by atoms with Gasteiger partial charge in [-0.05, 0) is 96.9 Å². The Morgan fingerprint density at radius 1 is 1.17 bits per heavy atom. The van der Waals surface area contributed by atoms with Crippen LogP contribution in [0.4, 0.5) is 18.9 Å². The third kappa shape index (κ3) is 5.84. The van der Waals surface area contributed by atoms with Crippen molar-refractivity contribution < 1.29 is 23.1 Å². The van der Waals surface area contributed by atoms with Gasteiger partial charge in [-0.25, -0.2) is 0 Å². The number of hydrogen-bond acceptors (Lipinski definition) is 5. The maximum absolute atomic E-state index is 13.5. The first-order valence-corrected chi connectivity index (χ1v) is 12.8. The smallest absolute Gasteiger partial charge is 0.389 e. The number of likely N-dealkylation sites (tertiary alicyclic amines) is 1. The van der Waals surface area contributed by atoms with Crippen LogP contribution in [0.5, 0.6) is 0 Å². The monoisotopic (exact) mass is 524 g/mol. The molecule has 10 heteroatoms. The average Bonchev–Trinajstić information content (AvgIpc) is 3.32. The lowest BCUT2D eigenvalue weighted by Crippen LogP contribution is -2.45. The van der Waals surface area contributed by atoms with Crippen LogP contribution in [0.3, 0.4) is 0 Å². The lowest BCUT2D eigenvalue weighted by atomic mass is 9.96. The molecule has 1 aromatic rings. The van der Waals surface area contributed by atoms with Crippen LogP contribution in [0.1, 0.15) is 77.3 Å².